The third kappa shape index (κ3) is 4.03. The molecule has 0 radical (unpaired) electrons. The number of ether oxygens (including phenoxy) is 1. The Kier molecular flexibility index (Phi) is 5.49. The van der Waals surface area contributed by atoms with Crippen molar-refractivity contribution in [2.45, 2.75) is 31.8 Å². The molecule has 2 amide bonds. The summed E-state index contributed by atoms with van der Waals surface area (Å²) in [6.45, 7) is 6.29. The zero-order valence-electron chi connectivity index (χ0n) is 17.7. The Labute approximate surface area is 181 Å². The van der Waals surface area contributed by atoms with Crippen LogP contribution >= 0.6 is 0 Å². The molecule has 2 heterocycles. The Morgan fingerprint density at radius 1 is 1.10 bits per heavy atom. The molecule has 2 aromatic rings. The SMILES string of the molecule is Cc1cccc(C(=O)N2CCN(S(=O)(=O)c3cc4c(cc3C)NC(=O)C(C)O4)CC2)c1. The topological polar surface area (TPSA) is 96.0 Å². The Bertz CT molecular complexity index is 1150. The van der Waals surface area contributed by atoms with Gasteiger partial charge in [-0.2, -0.15) is 4.31 Å². The van der Waals surface area contributed by atoms with Crippen LogP contribution in [0.4, 0.5) is 5.69 Å². The number of rotatable bonds is 3. The minimum atomic E-state index is -3.78. The average Bonchev–Trinajstić information content (AvgIpc) is 2.74. The molecule has 2 aliphatic rings. The first kappa shape index (κ1) is 21.3. The molecule has 1 saturated heterocycles. The van der Waals surface area contributed by atoms with Gasteiger partial charge < -0.3 is 15.0 Å². The lowest BCUT2D eigenvalue weighted by Gasteiger charge is -2.34. The zero-order valence-corrected chi connectivity index (χ0v) is 18.5. The van der Waals surface area contributed by atoms with E-state index >= 15 is 0 Å². The molecule has 0 bridgehead atoms. The molecule has 164 valence electrons. The summed E-state index contributed by atoms with van der Waals surface area (Å²) in [6.07, 6.45) is -0.693. The quantitative estimate of drug-likeness (QED) is 0.784. The average molecular weight is 444 g/mol. The van der Waals surface area contributed by atoms with Crippen molar-refractivity contribution in [3.63, 3.8) is 0 Å². The van der Waals surface area contributed by atoms with Crippen LogP contribution in [0.1, 0.15) is 28.4 Å². The molecule has 1 N–H and O–H groups in total. The monoisotopic (exact) mass is 443 g/mol. The third-order valence-corrected chi connectivity index (χ3v) is 7.66. The van der Waals surface area contributed by atoms with Crippen molar-refractivity contribution in [3.8, 4) is 5.75 Å². The van der Waals surface area contributed by atoms with E-state index < -0.39 is 16.1 Å². The van der Waals surface area contributed by atoms with Gasteiger partial charge in [0.05, 0.1) is 10.6 Å². The van der Waals surface area contributed by atoms with Crippen molar-refractivity contribution in [2.75, 3.05) is 31.5 Å². The third-order valence-electron chi connectivity index (χ3n) is 5.62. The lowest BCUT2D eigenvalue weighted by atomic mass is 10.1. The summed E-state index contributed by atoms with van der Waals surface area (Å²) in [6, 6.07) is 10.5. The van der Waals surface area contributed by atoms with Crippen LogP contribution in [0.5, 0.6) is 5.75 Å². The van der Waals surface area contributed by atoms with Gasteiger partial charge in [0.1, 0.15) is 5.75 Å². The number of nitrogens with one attached hydrogen (secondary N) is 1. The lowest BCUT2D eigenvalue weighted by molar-refractivity contribution is -0.122. The van der Waals surface area contributed by atoms with E-state index in [4.69, 9.17) is 4.74 Å². The van der Waals surface area contributed by atoms with E-state index in [1.165, 1.54) is 10.4 Å². The van der Waals surface area contributed by atoms with Crippen LogP contribution in [-0.2, 0) is 14.8 Å². The van der Waals surface area contributed by atoms with Gasteiger partial charge >= 0.3 is 0 Å². The number of benzene rings is 2. The fraction of sp³-hybridized carbons (Fsp3) is 0.364. The smallest absolute Gasteiger partial charge is 0.265 e. The van der Waals surface area contributed by atoms with Crippen molar-refractivity contribution in [3.05, 3.63) is 53.1 Å². The molecule has 31 heavy (non-hydrogen) atoms. The van der Waals surface area contributed by atoms with E-state index in [2.05, 4.69) is 5.32 Å². The van der Waals surface area contributed by atoms with Crippen molar-refractivity contribution in [1.29, 1.82) is 0 Å². The van der Waals surface area contributed by atoms with Crippen LogP contribution in [0.2, 0.25) is 0 Å². The van der Waals surface area contributed by atoms with Gasteiger partial charge in [-0.25, -0.2) is 8.42 Å². The highest BCUT2D eigenvalue weighted by Crippen LogP contribution is 2.35. The summed E-state index contributed by atoms with van der Waals surface area (Å²) in [7, 11) is -3.78. The first-order chi connectivity index (χ1) is 14.7. The van der Waals surface area contributed by atoms with Crippen molar-refractivity contribution < 1.29 is 22.7 Å². The van der Waals surface area contributed by atoms with Crippen LogP contribution in [0.15, 0.2) is 41.3 Å². The van der Waals surface area contributed by atoms with Crippen LogP contribution in [0.3, 0.4) is 0 Å². The van der Waals surface area contributed by atoms with Gasteiger partial charge in [-0.1, -0.05) is 17.7 Å². The maximum absolute atomic E-state index is 13.3. The fourth-order valence-corrected chi connectivity index (χ4v) is 5.50. The van der Waals surface area contributed by atoms with Crippen LogP contribution in [0, 0.1) is 13.8 Å². The minimum Gasteiger partial charge on any atom is -0.479 e. The molecular weight excluding hydrogens is 418 g/mol. The molecule has 2 aromatic carbocycles. The number of amides is 2. The summed E-state index contributed by atoms with van der Waals surface area (Å²) in [5, 5.41) is 2.73. The molecule has 1 unspecified atom stereocenters. The van der Waals surface area contributed by atoms with Gasteiger partial charge in [0.2, 0.25) is 10.0 Å². The molecule has 9 heteroatoms. The number of carbonyl (C=O) groups excluding carboxylic acids is 2. The van der Waals surface area contributed by atoms with Gasteiger partial charge in [-0.05, 0) is 44.5 Å². The van der Waals surface area contributed by atoms with Crippen LogP contribution < -0.4 is 10.1 Å². The number of nitrogens with zero attached hydrogens (tertiary/aromatic N) is 2. The van der Waals surface area contributed by atoms with Gasteiger partial charge in [-0.3, -0.25) is 9.59 Å². The second-order valence-electron chi connectivity index (χ2n) is 7.93. The maximum Gasteiger partial charge on any atom is 0.265 e. The number of piperazine rings is 1. The summed E-state index contributed by atoms with van der Waals surface area (Å²) in [5.41, 5.74) is 2.60. The summed E-state index contributed by atoms with van der Waals surface area (Å²) in [5.74, 6) is -0.0229. The molecule has 0 spiro atoms. The molecule has 8 nitrogen and oxygen atoms in total. The van der Waals surface area contributed by atoms with Crippen LogP contribution in [0.25, 0.3) is 0 Å². The maximum atomic E-state index is 13.3. The molecule has 0 aliphatic carbocycles. The number of hydrogen-bond donors (Lipinski definition) is 1. The van der Waals surface area contributed by atoms with Crippen LogP contribution in [-0.4, -0.2) is 61.7 Å². The summed E-state index contributed by atoms with van der Waals surface area (Å²) in [4.78, 5) is 26.4. The fourth-order valence-electron chi connectivity index (χ4n) is 3.85. The molecule has 1 atom stereocenters. The number of hydrogen-bond acceptors (Lipinski definition) is 5. The number of sulfonamides is 1. The second kappa shape index (κ2) is 7.97. The molecular formula is C22H25N3O5S. The highest BCUT2D eigenvalue weighted by Gasteiger charge is 2.33. The van der Waals surface area contributed by atoms with E-state index in [-0.39, 0.29) is 29.8 Å². The Morgan fingerprint density at radius 2 is 1.81 bits per heavy atom. The lowest BCUT2D eigenvalue weighted by Crippen LogP contribution is -2.50. The number of fused-ring (bicyclic) bond motifs is 1. The Hall–Kier alpha value is -2.91. The molecule has 4 rings (SSSR count). The van der Waals surface area contributed by atoms with Gasteiger partial charge in [0.15, 0.2) is 6.10 Å². The van der Waals surface area contributed by atoms with Gasteiger partial charge in [0.25, 0.3) is 11.8 Å². The second-order valence-corrected chi connectivity index (χ2v) is 9.84. The largest absolute Gasteiger partial charge is 0.479 e. The first-order valence-corrected chi connectivity index (χ1v) is 11.6. The summed E-state index contributed by atoms with van der Waals surface area (Å²) >= 11 is 0. The molecule has 1 fully saturated rings. The highest BCUT2D eigenvalue weighted by molar-refractivity contribution is 7.89. The molecule has 0 aromatic heterocycles. The predicted octanol–water partition coefficient (Wildman–Crippen LogP) is 2.17. The van der Waals surface area contributed by atoms with Gasteiger partial charge in [-0.15, -0.1) is 0 Å². The van der Waals surface area contributed by atoms with E-state index in [9.17, 15) is 18.0 Å². The number of carbonyl (C=O) groups is 2. The van der Waals surface area contributed by atoms with E-state index in [0.29, 0.717) is 35.7 Å². The van der Waals surface area contributed by atoms with E-state index in [1.807, 2.05) is 25.1 Å². The van der Waals surface area contributed by atoms with E-state index in [1.54, 1.807) is 30.9 Å². The number of anilines is 1. The standard InChI is InChI=1S/C22H25N3O5S/c1-14-5-4-6-17(11-14)22(27)24-7-9-25(10-8-24)31(28,29)20-13-19-18(12-15(20)2)23-21(26)16(3)30-19/h4-6,11-13,16H,7-10H2,1-3H3,(H,23,26). The Morgan fingerprint density at radius 3 is 2.48 bits per heavy atom. The van der Waals surface area contributed by atoms with Crippen molar-refractivity contribution in [2.24, 2.45) is 0 Å². The van der Waals surface area contributed by atoms with Gasteiger partial charge in [0, 0.05) is 37.8 Å². The van der Waals surface area contributed by atoms with Crippen molar-refractivity contribution >= 4 is 27.5 Å². The summed E-state index contributed by atoms with van der Waals surface area (Å²) < 4.78 is 33.6. The Balaban J connectivity index is 1.51. The highest BCUT2D eigenvalue weighted by atomic mass is 32.2. The zero-order chi connectivity index (χ0) is 22.3. The minimum absolute atomic E-state index is 0.0937. The first-order valence-electron chi connectivity index (χ1n) is 10.1. The predicted molar refractivity (Wildman–Crippen MR) is 116 cm³/mol. The molecule has 2 aliphatic heterocycles. The number of aryl methyl sites for hydroxylation is 2. The normalized spacial score (nSPS) is 19.4. The molecule has 0 saturated carbocycles. The van der Waals surface area contributed by atoms with E-state index in [0.717, 1.165) is 5.56 Å². The van der Waals surface area contributed by atoms with Crippen molar-refractivity contribution in [1.82, 2.24) is 9.21 Å².